The first-order valence-corrected chi connectivity index (χ1v) is 7.36. The van der Waals surface area contributed by atoms with Gasteiger partial charge in [-0.1, -0.05) is 6.42 Å². The zero-order valence-electron chi connectivity index (χ0n) is 11.1. The molecule has 1 aromatic rings. The van der Waals surface area contributed by atoms with Gasteiger partial charge in [0.15, 0.2) is 0 Å². The van der Waals surface area contributed by atoms with Crippen LogP contribution in [0.2, 0.25) is 0 Å². The van der Waals surface area contributed by atoms with Gasteiger partial charge in [0.1, 0.15) is 0 Å². The second-order valence-corrected chi connectivity index (χ2v) is 6.15. The Labute approximate surface area is 112 Å². The van der Waals surface area contributed by atoms with E-state index in [9.17, 15) is 4.79 Å². The van der Waals surface area contributed by atoms with Crippen LogP contribution in [0.25, 0.3) is 0 Å². The highest BCUT2D eigenvalue weighted by molar-refractivity contribution is 7.09. The molecule has 1 amide bonds. The topological polar surface area (TPSA) is 59.2 Å². The van der Waals surface area contributed by atoms with Crippen molar-refractivity contribution in [2.45, 2.75) is 32.7 Å². The van der Waals surface area contributed by atoms with E-state index in [1.807, 2.05) is 19.4 Å². The lowest BCUT2D eigenvalue weighted by atomic mass is 9.95. The molecule has 2 N–H and O–H groups in total. The molecule has 0 saturated heterocycles. The van der Waals surface area contributed by atoms with Gasteiger partial charge in [-0.05, 0) is 32.2 Å². The van der Waals surface area contributed by atoms with Crippen LogP contribution >= 0.6 is 11.3 Å². The molecule has 0 aromatic carbocycles. The number of nitrogens with two attached hydrogens (primary N) is 1. The zero-order chi connectivity index (χ0) is 13.1. The lowest BCUT2D eigenvalue weighted by Crippen LogP contribution is -2.36. The molecule has 1 aromatic heterocycles. The molecule has 1 aliphatic carbocycles. The summed E-state index contributed by atoms with van der Waals surface area (Å²) in [4.78, 5) is 18.6. The van der Waals surface area contributed by atoms with Crippen LogP contribution in [-0.4, -0.2) is 29.4 Å². The highest BCUT2D eigenvalue weighted by Crippen LogP contribution is 2.32. The Morgan fingerprint density at radius 2 is 2.39 bits per heavy atom. The van der Waals surface area contributed by atoms with Crippen molar-refractivity contribution in [1.29, 1.82) is 0 Å². The fourth-order valence-electron chi connectivity index (χ4n) is 2.73. The molecule has 0 radical (unpaired) electrons. The number of hydrogen-bond acceptors (Lipinski definition) is 4. The van der Waals surface area contributed by atoms with Gasteiger partial charge in [-0.3, -0.25) is 4.79 Å². The van der Waals surface area contributed by atoms with Crippen molar-refractivity contribution < 1.29 is 4.79 Å². The minimum atomic E-state index is 0.125. The molecule has 4 nitrogen and oxygen atoms in total. The lowest BCUT2D eigenvalue weighted by Gasteiger charge is -2.23. The van der Waals surface area contributed by atoms with Gasteiger partial charge in [0, 0.05) is 18.3 Å². The van der Waals surface area contributed by atoms with Gasteiger partial charge in [-0.15, -0.1) is 11.3 Å². The highest BCUT2D eigenvalue weighted by atomic mass is 32.1. The van der Waals surface area contributed by atoms with Crippen LogP contribution < -0.4 is 5.73 Å². The van der Waals surface area contributed by atoms with Gasteiger partial charge in [0.25, 0.3) is 0 Å². The normalized spacial score (nSPS) is 23.3. The maximum absolute atomic E-state index is 12.4. The summed E-state index contributed by atoms with van der Waals surface area (Å²) in [6.07, 6.45) is 3.21. The van der Waals surface area contributed by atoms with E-state index < -0.39 is 0 Å². The molecule has 1 heterocycles. The predicted molar refractivity (Wildman–Crippen MR) is 73.2 cm³/mol. The summed E-state index contributed by atoms with van der Waals surface area (Å²) in [6, 6.07) is 0. The third-order valence-electron chi connectivity index (χ3n) is 3.72. The van der Waals surface area contributed by atoms with E-state index in [0.717, 1.165) is 30.0 Å². The lowest BCUT2D eigenvalue weighted by molar-refractivity contribution is -0.135. The van der Waals surface area contributed by atoms with Crippen LogP contribution in [0.5, 0.6) is 0 Å². The number of carbonyl (C=O) groups is 1. The third kappa shape index (κ3) is 2.90. The molecule has 1 saturated carbocycles. The first-order chi connectivity index (χ1) is 8.61. The van der Waals surface area contributed by atoms with E-state index >= 15 is 0 Å². The number of hydrogen-bond donors (Lipinski definition) is 1. The zero-order valence-corrected chi connectivity index (χ0v) is 11.9. The molecule has 0 bridgehead atoms. The predicted octanol–water partition coefficient (Wildman–Crippen LogP) is 1.78. The molecule has 2 atom stereocenters. The van der Waals surface area contributed by atoms with Crippen LogP contribution in [0.3, 0.4) is 0 Å². The summed E-state index contributed by atoms with van der Waals surface area (Å²) in [7, 11) is 1.86. The molecule has 2 rings (SSSR count). The third-order valence-corrected chi connectivity index (χ3v) is 4.54. The molecular formula is C13H21N3OS. The quantitative estimate of drug-likeness (QED) is 0.904. The molecular weight excluding hydrogens is 246 g/mol. The Morgan fingerprint density at radius 1 is 1.61 bits per heavy atom. The molecule has 5 heteroatoms. The van der Waals surface area contributed by atoms with Crippen molar-refractivity contribution in [3.05, 3.63) is 16.1 Å². The smallest absolute Gasteiger partial charge is 0.226 e. The van der Waals surface area contributed by atoms with E-state index in [2.05, 4.69) is 4.98 Å². The summed E-state index contributed by atoms with van der Waals surface area (Å²) >= 11 is 1.63. The number of nitrogens with zero attached hydrogens (tertiary/aromatic N) is 2. The Kier molecular flexibility index (Phi) is 4.35. The summed E-state index contributed by atoms with van der Waals surface area (Å²) in [6.45, 7) is 3.22. The highest BCUT2D eigenvalue weighted by Gasteiger charge is 2.33. The average Bonchev–Trinajstić information content (AvgIpc) is 2.96. The van der Waals surface area contributed by atoms with Gasteiger partial charge < -0.3 is 10.6 Å². The van der Waals surface area contributed by atoms with Crippen molar-refractivity contribution in [3.8, 4) is 0 Å². The van der Waals surface area contributed by atoms with Crippen molar-refractivity contribution in [3.63, 3.8) is 0 Å². The Hall–Kier alpha value is -0.940. The number of amides is 1. The molecule has 1 aliphatic rings. The van der Waals surface area contributed by atoms with Gasteiger partial charge in [-0.25, -0.2) is 4.98 Å². The SMILES string of the molecule is Cc1nc(CN(C)C(=O)[C@@H]2CCC[C@@H]2CN)cs1. The molecule has 0 unspecified atom stereocenters. The van der Waals surface area contributed by atoms with Crippen LogP contribution in [0.1, 0.15) is 30.0 Å². The molecule has 100 valence electrons. The van der Waals surface area contributed by atoms with E-state index in [-0.39, 0.29) is 11.8 Å². The van der Waals surface area contributed by atoms with E-state index in [1.165, 1.54) is 0 Å². The van der Waals surface area contributed by atoms with Crippen LogP contribution in [-0.2, 0) is 11.3 Å². The molecule has 0 aliphatic heterocycles. The standard InChI is InChI=1S/C13H21N3OS/c1-9-15-11(8-18-9)7-16(2)13(17)12-5-3-4-10(12)6-14/h8,10,12H,3-7,14H2,1-2H3/t10-,12-/m1/s1. The maximum Gasteiger partial charge on any atom is 0.226 e. The number of aryl methyl sites for hydroxylation is 1. The van der Waals surface area contributed by atoms with Crippen molar-refractivity contribution in [1.82, 2.24) is 9.88 Å². The van der Waals surface area contributed by atoms with Crippen molar-refractivity contribution in [2.75, 3.05) is 13.6 Å². The molecule has 18 heavy (non-hydrogen) atoms. The van der Waals surface area contributed by atoms with E-state index in [4.69, 9.17) is 5.73 Å². The molecule has 1 fully saturated rings. The average molecular weight is 267 g/mol. The number of thiazole rings is 1. The largest absolute Gasteiger partial charge is 0.340 e. The minimum Gasteiger partial charge on any atom is -0.340 e. The molecule has 0 spiro atoms. The Bertz CT molecular complexity index is 418. The minimum absolute atomic E-state index is 0.125. The number of carbonyl (C=O) groups excluding carboxylic acids is 1. The van der Waals surface area contributed by atoms with Crippen LogP contribution in [0, 0.1) is 18.8 Å². The fraction of sp³-hybridized carbons (Fsp3) is 0.692. The fourth-order valence-corrected chi connectivity index (χ4v) is 3.33. The van der Waals surface area contributed by atoms with Crippen molar-refractivity contribution >= 4 is 17.2 Å². The van der Waals surface area contributed by atoms with E-state index in [0.29, 0.717) is 19.0 Å². The summed E-state index contributed by atoms with van der Waals surface area (Å²) in [5, 5.41) is 3.07. The first kappa shape index (κ1) is 13.5. The van der Waals surface area contributed by atoms with Gasteiger partial charge in [0.05, 0.1) is 17.2 Å². The number of rotatable bonds is 4. The maximum atomic E-state index is 12.4. The summed E-state index contributed by atoms with van der Waals surface area (Å²) in [5.41, 5.74) is 6.72. The van der Waals surface area contributed by atoms with Crippen LogP contribution in [0.15, 0.2) is 5.38 Å². The Morgan fingerprint density at radius 3 is 3.00 bits per heavy atom. The monoisotopic (exact) mass is 267 g/mol. The summed E-state index contributed by atoms with van der Waals surface area (Å²) in [5.74, 6) is 0.727. The van der Waals surface area contributed by atoms with Crippen molar-refractivity contribution in [2.24, 2.45) is 17.6 Å². The first-order valence-electron chi connectivity index (χ1n) is 6.48. The van der Waals surface area contributed by atoms with Gasteiger partial charge in [0.2, 0.25) is 5.91 Å². The van der Waals surface area contributed by atoms with E-state index in [1.54, 1.807) is 16.2 Å². The van der Waals surface area contributed by atoms with Crippen LogP contribution in [0.4, 0.5) is 0 Å². The summed E-state index contributed by atoms with van der Waals surface area (Å²) < 4.78 is 0. The van der Waals surface area contributed by atoms with Gasteiger partial charge >= 0.3 is 0 Å². The Balaban J connectivity index is 1.96. The van der Waals surface area contributed by atoms with Gasteiger partial charge in [-0.2, -0.15) is 0 Å². The second-order valence-electron chi connectivity index (χ2n) is 5.09. The second kappa shape index (κ2) is 5.80. The number of aromatic nitrogens is 1.